The van der Waals surface area contributed by atoms with Crippen LogP contribution in [0, 0.1) is 0 Å². The summed E-state index contributed by atoms with van der Waals surface area (Å²) in [4.78, 5) is 14.1. The SMILES string of the molecule is COc1ccc(OC)c(CCC(=O)N(C)Cc2ccccc2)c1. The zero-order valence-corrected chi connectivity index (χ0v) is 13.9. The third-order valence-corrected chi connectivity index (χ3v) is 3.78. The molecule has 0 atom stereocenters. The van der Waals surface area contributed by atoms with Crippen molar-refractivity contribution >= 4 is 5.91 Å². The number of amides is 1. The molecular formula is C19H23NO3. The Bertz CT molecular complexity index is 640. The molecule has 0 bridgehead atoms. The number of benzene rings is 2. The number of carbonyl (C=O) groups is 1. The molecule has 2 rings (SSSR count). The maximum absolute atomic E-state index is 12.3. The van der Waals surface area contributed by atoms with Crippen LogP contribution in [0.1, 0.15) is 17.5 Å². The molecule has 0 aliphatic heterocycles. The molecule has 0 fully saturated rings. The molecule has 0 saturated carbocycles. The third kappa shape index (κ3) is 4.74. The second-order valence-electron chi connectivity index (χ2n) is 5.41. The Labute approximate surface area is 137 Å². The van der Waals surface area contributed by atoms with Gasteiger partial charge in [0, 0.05) is 20.0 Å². The highest BCUT2D eigenvalue weighted by atomic mass is 16.5. The first-order chi connectivity index (χ1) is 11.1. The first kappa shape index (κ1) is 16.9. The predicted molar refractivity (Wildman–Crippen MR) is 90.8 cm³/mol. The van der Waals surface area contributed by atoms with Crippen molar-refractivity contribution in [3.63, 3.8) is 0 Å². The summed E-state index contributed by atoms with van der Waals surface area (Å²) >= 11 is 0. The Kier molecular flexibility index (Phi) is 6.03. The van der Waals surface area contributed by atoms with Gasteiger partial charge in [0.05, 0.1) is 14.2 Å². The largest absolute Gasteiger partial charge is 0.497 e. The first-order valence-corrected chi connectivity index (χ1v) is 7.63. The lowest BCUT2D eigenvalue weighted by Crippen LogP contribution is -2.26. The van der Waals surface area contributed by atoms with Gasteiger partial charge in [-0.3, -0.25) is 4.79 Å². The first-order valence-electron chi connectivity index (χ1n) is 7.63. The van der Waals surface area contributed by atoms with Gasteiger partial charge in [0.15, 0.2) is 0 Å². The molecule has 23 heavy (non-hydrogen) atoms. The van der Waals surface area contributed by atoms with E-state index in [9.17, 15) is 4.79 Å². The fourth-order valence-corrected chi connectivity index (χ4v) is 2.46. The molecule has 0 heterocycles. The molecule has 1 amide bonds. The van der Waals surface area contributed by atoms with Crippen LogP contribution >= 0.6 is 0 Å². The van der Waals surface area contributed by atoms with Crippen LogP contribution in [0.5, 0.6) is 11.5 Å². The Morgan fingerprint density at radius 3 is 2.43 bits per heavy atom. The van der Waals surface area contributed by atoms with E-state index in [0.717, 1.165) is 22.6 Å². The van der Waals surface area contributed by atoms with E-state index < -0.39 is 0 Å². The Hall–Kier alpha value is -2.49. The summed E-state index contributed by atoms with van der Waals surface area (Å²) in [6.07, 6.45) is 1.06. The Morgan fingerprint density at radius 2 is 1.78 bits per heavy atom. The van der Waals surface area contributed by atoms with E-state index in [1.54, 1.807) is 19.1 Å². The van der Waals surface area contributed by atoms with Gasteiger partial charge in [0.1, 0.15) is 11.5 Å². The molecule has 0 aliphatic carbocycles. The number of carbonyl (C=O) groups excluding carboxylic acids is 1. The summed E-state index contributed by atoms with van der Waals surface area (Å²) < 4.78 is 10.6. The monoisotopic (exact) mass is 313 g/mol. The molecule has 0 unspecified atom stereocenters. The van der Waals surface area contributed by atoms with Gasteiger partial charge >= 0.3 is 0 Å². The van der Waals surface area contributed by atoms with Gasteiger partial charge < -0.3 is 14.4 Å². The van der Waals surface area contributed by atoms with Crippen molar-refractivity contribution in [1.82, 2.24) is 4.90 Å². The predicted octanol–water partition coefficient (Wildman–Crippen LogP) is 3.30. The molecule has 0 saturated heterocycles. The summed E-state index contributed by atoms with van der Waals surface area (Å²) in [7, 11) is 5.09. The van der Waals surface area contributed by atoms with Gasteiger partial charge in [-0.2, -0.15) is 0 Å². The minimum atomic E-state index is 0.110. The van der Waals surface area contributed by atoms with E-state index in [-0.39, 0.29) is 5.91 Å². The fraction of sp³-hybridized carbons (Fsp3) is 0.316. The van der Waals surface area contributed by atoms with Gasteiger partial charge in [-0.05, 0) is 35.7 Å². The van der Waals surface area contributed by atoms with Crippen molar-refractivity contribution in [2.24, 2.45) is 0 Å². The number of nitrogens with zero attached hydrogens (tertiary/aromatic N) is 1. The summed E-state index contributed by atoms with van der Waals surface area (Å²) in [5, 5.41) is 0. The molecule has 4 heteroatoms. The number of hydrogen-bond acceptors (Lipinski definition) is 3. The Morgan fingerprint density at radius 1 is 1.04 bits per heavy atom. The highest BCUT2D eigenvalue weighted by Gasteiger charge is 2.12. The van der Waals surface area contributed by atoms with Crippen molar-refractivity contribution in [3.8, 4) is 11.5 Å². The van der Waals surface area contributed by atoms with Crippen LogP contribution in [0.2, 0.25) is 0 Å². The van der Waals surface area contributed by atoms with Crippen LogP contribution in [0.15, 0.2) is 48.5 Å². The summed E-state index contributed by atoms with van der Waals surface area (Å²) in [6, 6.07) is 15.6. The highest BCUT2D eigenvalue weighted by Crippen LogP contribution is 2.25. The number of methoxy groups -OCH3 is 2. The number of hydrogen-bond donors (Lipinski definition) is 0. The van der Waals surface area contributed by atoms with Crippen molar-refractivity contribution in [2.45, 2.75) is 19.4 Å². The summed E-state index contributed by atoms with van der Waals surface area (Å²) in [5.74, 6) is 1.66. The number of aryl methyl sites for hydroxylation is 1. The van der Waals surface area contributed by atoms with Crippen LogP contribution in [0.3, 0.4) is 0 Å². The van der Waals surface area contributed by atoms with Crippen LogP contribution in [0.4, 0.5) is 0 Å². The van der Waals surface area contributed by atoms with Crippen LogP contribution < -0.4 is 9.47 Å². The molecule has 4 nitrogen and oxygen atoms in total. The zero-order valence-electron chi connectivity index (χ0n) is 13.9. The minimum Gasteiger partial charge on any atom is -0.497 e. The fourth-order valence-electron chi connectivity index (χ4n) is 2.46. The maximum Gasteiger partial charge on any atom is 0.222 e. The van der Waals surface area contributed by atoms with Crippen molar-refractivity contribution in [2.75, 3.05) is 21.3 Å². The molecule has 0 radical (unpaired) electrons. The van der Waals surface area contributed by atoms with Crippen LogP contribution in [-0.4, -0.2) is 32.1 Å². The molecule has 0 aliphatic rings. The molecule has 0 spiro atoms. The standard InChI is InChI=1S/C19H23NO3/c1-20(14-15-7-5-4-6-8-15)19(21)12-9-16-13-17(22-2)10-11-18(16)23-3/h4-8,10-11,13H,9,12,14H2,1-3H3. The van der Waals surface area contributed by atoms with Gasteiger partial charge in [-0.15, -0.1) is 0 Å². The average molecular weight is 313 g/mol. The molecule has 2 aromatic carbocycles. The zero-order chi connectivity index (χ0) is 16.7. The van der Waals surface area contributed by atoms with E-state index in [4.69, 9.17) is 9.47 Å². The smallest absolute Gasteiger partial charge is 0.222 e. The second kappa shape index (κ2) is 8.22. The Balaban J connectivity index is 1.96. The molecule has 0 N–H and O–H groups in total. The van der Waals surface area contributed by atoms with E-state index in [2.05, 4.69) is 0 Å². The number of ether oxygens (including phenoxy) is 2. The second-order valence-corrected chi connectivity index (χ2v) is 5.41. The topological polar surface area (TPSA) is 38.8 Å². The normalized spacial score (nSPS) is 10.2. The van der Waals surface area contributed by atoms with Gasteiger partial charge in [0.25, 0.3) is 0 Å². The molecule has 122 valence electrons. The third-order valence-electron chi connectivity index (χ3n) is 3.78. The average Bonchev–Trinajstić information content (AvgIpc) is 2.60. The van der Waals surface area contributed by atoms with E-state index in [1.807, 2.05) is 55.6 Å². The van der Waals surface area contributed by atoms with Crippen molar-refractivity contribution in [3.05, 3.63) is 59.7 Å². The highest BCUT2D eigenvalue weighted by molar-refractivity contribution is 5.76. The minimum absolute atomic E-state index is 0.110. The van der Waals surface area contributed by atoms with E-state index >= 15 is 0 Å². The quantitative estimate of drug-likeness (QED) is 0.787. The summed E-state index contributed by atoms with van der Waals surface area (Å²) in [6.45, 7) is 0.620. The lowest BCUT2D eigenvalue weighted by molar-refractivity contribution is -0.130. The molecule has 0 aromatic heterocycles. The van der Waals surface area contributed by atoms with E-state index in [1.165, 1.54) is 0 Å². The molecule has 2 aromatic rings. The van der Waals surface area contributed by atoms with Crippen molar-refractivity contribution < 1.29 is 14.3 Å². The number of rotatable bonds is 7. The van der Waals surface area contributed by atoms with Crippen LogP contribution in [-0.2, 0) is 17.8 Å². The van der Waals surface area contributed by atoms with Crippen LogP contribution in [0.25, 0.3) is 0 Å². The maximum atomic E-state index is 12.3. The summed E-state index contributed by atoms with van der Waals surface area (Å²) in [5.41, 5.74) is 2.11. The van der Waals surface area contributed by atoms with Gasteiger partial charge in [0.2, 0.25) is 5.91 Å². The van der Waals surface area contributed by atoms with E-state index in [0.29, 0.717) is 19.4 Å². The van der Waals surface area contributed by atoms with Crippen molar-refractivity contribution in [1.29, 1.82) is 0 Å². The molecular weight excluding hydrogens is 290 g/mol. The van der Waals surface area contributed by atoms with Gasteiger partial charge in [-0.25, -0.2) is 0 Å². The lowest BCUT2D eigenvalue weighted by atomic mass is 10.1. The van der Waals surface area contributed by atoms with Gasteiger partial charge in [-0.1, -0.05) is 30.3 Å². The lowest BCUT2D eigenvalue weighted by Gasteiger charge is -2.18.